The zero-order valence-corrected chi connectivity index (χ0v) is 27.0. The Morgan fingerprint density at radius 1 is 1.12 bits per heavy atom. The Balaban J connectivity index is 1.60. The topological polar surface area (TPSA) is 114 Å². The van der Waals surface area contributed by atoms with Gasteiger partial charge in [0.2, 0.25) is 11.8 Å². The number of fused-ring (bicyclic) bond motifs is 1. The van der Waals surface area contributed by atoms with Gasteiger partial charge in [-0.3, -0.25) is 9.59 Å². The van der Waals surface area contributed by atoms with Crippen molar-refractivity contribution in [2.45, 2.75) is 115 Å². The number of aliphatic hydroxyl groups is 1. The highest BCUT2D eigenvalue weighted by molar-refractivity contribution is 14.1. The van der Waals surface area contributed by atoms with Crippen LogP contribution in [0.15, 0.2) is 35.9 Å². The van der Waals surface area contributed by atoms with Gasteiger partial charge in [-0.2, -0.15) is 0 Å². The summed E-state index contributed by atoms with van der Waals surface area (Å²) in [4.78, 5) is 41.6. The number of carbonyl (C=O) groups is 3. The summed E-state index contributed by atoms with van der Waals surface area (Å²) in [7, 11) is 0. The molecule has 2 fully saturated rings. The molecule has 0 saturated carbocycles. The number of hydrogen-bond donors (Lipinski definition) is 2. The zero-order chi connectivity index (χ0) is 30.1. The Hall–Kier alpha value is -2.02. The Bertz CT molecular complexity index is 1120. The molecule has 2 heterocycles. The van der Waals surface area contributed by atoms with Crippen LogP contribution in [0.2, 0.25) is 0 Å². The molecule has 4 unspecified atom stereocenters. The van der Waals surface area contributed by atoms with Crippen molar-refractivity contribution in [3.05, 3.63) is 45.0 Å². The van der Waals surface area contributed by atoms with Crippen LogP contribution in [-0.2, 0) is 23.8 Å². The van der Waals surface area contributed by atoms with Gasteiger partial charge in [0.25, 0.3) is 0 Å². The highest BCUT2D eigenvalue weighted by atomic mass is 127. The van der Waals surface area contributed by atoms with E-state index in [9.17, 15) is 14.4 Å². The monoisotopic (exact) mass is 696 g/mol. The second kappa shape index (κ2) is 15.6. The fraction of sp³-hybridized carbons (Fsp3) is 0.656. The molecule has 232 valence electrons. The van der Waals surface area contributed by atoms with Crippen molar-refractivity contribution in [1.82, 2.24) is 10.2 Å². The van der Waals surface area contributed by atoms with E-state index in [0.29, 0.717) is 30.5 Å². The summed E-state index contributed by atoms with van der Waals surface area (Å²) in [6.07, 6.45) is 9.20. The Morgan fingerprint density at radius 3 is 2.52 bits per heavy atom. The van der Waals surface area contributed by atoms with Crippen LogP contribution < -0.4 is 5.32 Å². The standard InChI is InChI=1S/C32H45IN2O7/c1-3-5-7-14-32(15-8-6-4-2)41-27-21-23(30(38)35-17-10-13-25(35)29(37)34-16-18-36)20-26(28(27)42-32)40-31(39)22-11-9-12-24(33)19-22/h9,11-12,19,21,25-28,36H,3-8,10,13-18,20H2,1-2H3,(H,34,37). The van der Waals surface area contributed by atoms with Crippen LogP contribution in [0.3, 0.4) is 0 Å². The molecule has 2 saturated heterocycles. The van der Waals surface area contributed by atoms with Gasteiger partial charge in [-0.05, 0) is 72.5 Å². The van der Waals surface area contributed by atoms with Crippen LogP contribution >= 0.6 is 22.6 Å². The molecule has 2 amide bonds. The molecule has 1 aliphatic carbocycles. The summed E-state index contributed by atoms with van der Waals surface area (Å²) in [5.41, 5.74) is 0.914. The predicted octanol–water partition coefficient (Wildman–Crippen LogP) is 4.89. The summed E-state index contributed by atoms with van der Waals surface area (Å²) >= 11 is 2.16. The lowest BCUT2D eigenvalue weighted by Crippen LogP contribution is -2.49. The lowest BCUT2D eigenvalue weighted by Gasteiger charge is -2.33. The van der Waals surface area contributed by atoms with Gasteiger partial charge in [-0.15, -0.1) is 0 Å². The maximum Gasteiger partial charge on any atom is 0.338 e. The number of aliphatic hydroxyl groups excluding tert-OH is 1. The number of esters is 1. The fourth-order valence-corrected chi connectivity index (χ4v) is 6.72. The molecule has 2 aliphatic heterocycles. The minimum atomic E-state index is -0.790. The third-order valence-electron chi connectivity index (χ3n) is 8.32. The first kappa shape index (κ1) is 32.9. The van der Waals surface area contributed by atoms with Gasteiger partial charge < -0.3 is 29.5 Å². The first-order valence-corrected chi connectivity index (χ1v) is 16.6. The molecule has 0 spiro atoms. The molecule has 4 rings (SSSR count). The maximum atomic E-state index is 13.9. The quantitative estimate of drug-likeness (QED) is 0.162. The number of benzene rings is 1. The molecular weight excluding hydrogens is 651 g/mol. The Morgan fingerprint density at radius 2 is 1.86 bits per heavy atom. The molecule has 0 radical (unpaired) electrons. The van der Waals surface area contributed by atoms with Gasteiger partial charge in [-0.25, -0.2) is 4.79 Å². The van der Waals surface area contributed by atoms with E-state index in [-0.39, 0.29) is 31.4 Å². The van der Waals surface area contributed by atoms with Crippen LogP contribution in [-0.4, -0.2) is 77.6 Å². The number of ether oxygens (including phenoxy) is 3. The number of rotatable bonds is 14. The van der Waals surface area contributed by atoms with E-state index in [4.69, 9.17) is 19.3 Å². The molecule has 2 N–H and O–H groups in total. The number of unbranched alkanes of at least 4 members (excludes halogenated alkanes) is 4. The SMILES string of the molecule is CCCCCC1(CCCCC)OC2C=C(C(=O)N3CCCC3C(=O)NCCO)CC(OC(=O)c3cccc(I)c3)C2O1. The number of halogens is 1. The normalized spacial score (nSPS) is 24.7. The van der Waals surface area contributed by atoms with Crippen molar-refractivity contribution < 1.29 is 33.7 Å². The maximum absolute atomic E-state index is 13.9. The molecule has 0 aromatic heterocycles. The Kier molecular flexibility index (Phi) is 12.2. The van der Waals surface area contributed by atoms with Gasteiger partial charge in [-0.1, -0.05) is 45.6 Å². The van der Waals surface area contributed by atoms with Gasteiger partial charge >= 0.3 is 5.97 Å². The molecule has 1 aromatic rings. The second-order valence-electron chi connectivity index (χ2n) is 11.5. The molecule has 42 heavy (non-hydrogen) atoms. The number of carbonyl (C=O) groups excluding carboxylic acids is 3. The largest absolute Gasteiger partial charge is 0.456 e. The summed E-state index contributed by atoms with van der Waals surface area (Å²) in [5.74, 6) is -1.77. The third-order valence-corrected chi connectivity index (χ3v) is 8.99. The van der Waals surface area contributed by atoms with E-state index in [1.54, 1.807) is 17.0 Å². The molecular formula is C32H45IN2O7. The van der Waals surface area contributed by atoms with Gasteiger partial charge in [0.15, 0.2) is 5.79 Å². The van der Waals surface area contributed by atoms with Crippen molar-refractivity contribution >= 4 is 40.4 Å². The first-order chi connectivity index (χ1) is 20.3. The lowest BCUT2D eigenvalue weighted by molar-refractivity contribution is -0.190. The molecule has 4 atom stereocenters. The van der Waals surface area contributed by atoms with Crippen LogP contribution in [0, 0.1) is 3.57 Å². The fourth-order valence-electron chi connectivity index (χ4n) is 6.17. The molecule has 3 aliphatic rings. The Labute approximate surface area is 262 Å². The van der Waals surface area contributed by atoms with E-state index in [0.717, 1.165) is 54.9 Å². The van der Waals surface area contributed by atoms with Gasteiger partial charge in [0, 0.05) is 41.5 Å². The summed E-state index contributed by atoms with van der Waals surface area (Å²) in [6.45, 7) is 4.77. The van der Waals surface area contributed by atoms with E-state index >= 15 is 0 Å². The second-order valence-corrected chi connectivity index (χ2v) is 12.8. The zero-order valence-electron chi connectivity index (χ0n) is 24.8. The minimum Gasteiger partial charge on any atom is -0.456 e. The molecule has 1 aromatic carbocycles. The van der Waals surface area contributed by atoms with Crippen molar-refractivity contribution in [1.29, 1.82) is 0 Å². The van der Waals surface area contributed by atoms with Gasteiger partial charge in [0.1, 0.15) is 24.4 Å². The van der Waals surface area contributed by atoms with Crippen molar-refractivity contribution in [2.75, 3.05) is 19.7 Å². The number of likely N-dealkylation sites (tertiary alicyclic amines) is 1. The first-order valence-electron chi connectivity index (χ1n) is 15.5. The van der Waals surface area contributed by atoms with E-state index in [1.807, 2.05) is 18.2 Å². The number of nitrogens with one attached hydrogen (secondary N) is 1. The van der Waals surface area contributed by atoms with Gasteiger partial charge in [0.05, 0.1) is 12.2 Å². The van der Waals surface area contributed by atoms with Crippen molar-refractivity contribution in [3.63, 3.8) is 0 Å². The third kappa shape index (κ3) is 8.12. The number of hydrogen-bond acceptors (Lipinski definition) is 7. The van der Waals surface area contributed by atoms with Crippen molar-refractivity contribution in [3.8, 4) is 0 Å². The van der Waals surface area contributed by atoms with E-state index in [1.165, 1.54) is 0 Å². The minimum absolute atomic E-state index is 0.142. The number of amides is 2. The summed E-state index contributed by atoms with van der Waals surface area (Å²) in [5, 5.41) is 11.8. The molecule has 10 heteroatoms. The van der Waals surface area contributed by atoms with E-state index < -0.39 is 36.1 Å². The average molecular weight is 697 g/mol. The predicted molar refractivity (Wildman–Crippen MR) is 167 cm³/mol. The van der Waals surface area contributed by atoms with Crippen LogP contribution in [0.25, 0.3) is 0 Å². The van der Waals surface area contributed by atoms with Crippen LogP contribution in [0.5, 0.6) is 0 Å². The average Bonchev–Trinajstić information content (AvgIpc) is 3.61. The highest BCUT2D eigenvalue weighted by Gasteiger charge is 2.53. The lowest BCUT2D eigenvalue weighted by atomic mass is 9.91. The molecule has 0 bridgehead atoms. The highest BCUT2D eigenvalue weighted by Crippen LogP contribution is 2.43. The summed E-state index contributed by atoms with van der Waals surface area (Å²) < 4.78 is 20.4. The smallest absolute Gasteiger partial charge is 0.338 e. The number of nitrogens with zero attached hydrogens (tertiary/aromatic N) is 1. The molecule has 9 nitrogen and oxygen atoms in total. The van der Waals surface area contributed by atoms with Crippen molar-refractivity contribution in [2.24, 2.45) is 0 Å². The van der Waals surface area contributed by atoms with E-state index in [2.05, 4.69) is 41.8 Å². The van der Waals surface area contributed by atoms with Crippen LogP contribution in [0.4, 0.5) is 0 Å². The summed E-state index contributed by atoms with van der Waals surface area (Å²) in [6, 6.07) is 6.62. The van der Waals surface area contributed by atoms with Crippen LogP contribution in [0.1, 0.15) is 94.8 Å².